The fourth-order valence-electron chi connectivity index (χ4n) is 4.06. The number of nitrogens with zero attached hydrogens (tertiary/aromatic N) is 2. The topological polar surface area (TPSA) is 23.6 Å². The monoisotopic (exact) mass is 272 g/mol. The van der Waals surface area contributed by atoms with Crippen LogP contribution in [0.25, 0.3) is 0 Å². The van der Waals surface area contributed by atoms with Crippen molar-refractivity contribution in [3.05, 3.63) is 35.9 Å². The summed E-state index contributed by atoms with van der Waals surface area (Å²) in [4.78, 5) is 16.5. The van der Waals surface area contributed by atoms with Crippen LogP contribution in [0.15, 0.2) is 30.3 Å². The Balaban J connectivity index is 1.64. The first-order chi connectivity index (χ1) is 9.47. The molecule has 2 heterocycles. The molecule has 1 amide bonds. The molecule has 1 aromatic rings. The minimum Gasteiger partial charge on any atom is -0.338 e. The van der Waals surface area contributed by atoms with Crippen molar-refractivity contribution < 1.29 is 4.79 Å². The van der Waals surface area contributed by atoms with Crippen LogP contribution >= 0.6 is 0 Å². The van der Waals surface area contributed by atoms with Gasteiger partial charge in [-0.05, 0) is 32.3 Å². The zero-order valence-corrected chi connectivity index (χ0v) is 12.7. The predicted molar refractivity (Wildman–Crippen MR) is 80.2 cm³/mol. The highest BCUT2D eigenvalue weighted by molar-refractivity contribution is 5.91. The average molecular weight is 272 g/mol. The Labute approximate surface area is 121 Å². The van der Waals surface area contributed by atoms with Crippen molar-refractivity contribution in [1.29, 1.82) is 0 Å². The zero-order chi connectivity index (χ0) is 14.4. The summed E-state index contributed by atoms with van der Waals surface area (Å²) in [5, 5.41) is 0. The molecule has 0 saturated carbocycles. The summed E-state index contributed by atoms with van der Waals surface area (Å²) in [6.07, 6.45) is 2.18. The van der Waals surface area contributed by atoms with Crippen molar-refractivity contribution in [3.63, 3.8) is 0 Å². The van der Waals surface area contributed by atoms with Gasteiger partial charge in [0, 0.05) is 26.7 Å². The van der Waals surface area contributed by atoms with Crippen LogP contribution in [0.4, 0.5) is 0 Å². The van der Waals surface area contributed by atoms with Crippen molar-refractivity contribution in [2.45, 2.75) is 38.8 Å². The standard InChI is InChI=1S/C17H24N2O/c1-16(2)15(20)18(3)17(16)9-11-19(12-10-17)13-14-7-5-4-6-8-14/h4-8H,9-13H2,1-3H3. The molecule has 20 heavy (non-hydrogen) atoms. The number of rotatable bonds is 2. The van der Waals surface area contributed by atoms with Crippen LogP contribution < -0.4 is 0 Å². The molecule has 3 heteroatoms. The van der Waals surface area contributed by atoms with E-state index in [9.17, 15) is 4.79 Å². The third kappa shape index (κ3) is 1.80. The van der Waals surface area contributed by atoms with Gasteiger partial charge in [-0.25, -0.2) is 0 Å². The summed E-state index contributed by atoms with van der Waals surface area (Å²) in [5.74, 6) is 0.300. The maximum atomic E-state index is 12.0. The van der Waals surface area contributed by atoms with Crippen LogP contribution in [0.3, 0.4) is 0 Å². The third-order valence-electron chi connectivity index (χ3n) is 5.58. The number of carbonyl (C=O) groups excluding carboxylic acids is 1. The van der Waals surface area contributed by atoms with Crippen LogP contribution in [-0.4, -0.2) is 41.4 Å². The second-order valence-corrected chi connectivity index (χ2v) is 6.78. The van der Waals surface area contributed by atoms with E-state index in [-0.39, 0.29) is 11.0 Å². The summed E-state index contributed by atoms with van der Waals surface area (Å²) in [6.45, 7) is 7.41. The van der Waals surface area contributed by atoms with Gasteiger partial charge in [0.1, 0.15) is 0 Å². The second-order valence-electron chi connectivity index (χ2n) is 6.78. The number of benzene rings is 1. The Morgan fingerprint density at radius 1 is 1.10 bits per heavy atom. The summed E-state index contributed by atoms with van der Waals surface area (Å²) < 4.78 is 0. The molecular weight excluding hydrogens is 248 g/mol. The van der Waals surface area contributed by atoms with Gasteiger partial charge >= 0.3 is 0 Å². The van der Waals surface area contributed by atoms with E-state index in [2.05, 4.69) is 49.1 Å². The van der Waals surface area contributed by atoms with Crippen LogP contribution in [0, 0.1) is 5.41 Å². The van der Waals surface area contributed by atoms with Gasteiger partial charge in [0.2, 0.25) is 5.91 Å². The molecule has 3 nitrogen and oxygen atoms in total. The molecule has 0 aromatic heterocycles. The van der Waals surface area contributed by atoms with Gasteiger partial charge in [-0.15, -0.1) is 0 Å². The van der Waals surface area contributed by atoms with Gasteiger partial charge < -0.3 is 4.90 Å². The zero-order valence-electron chi connectivity index (χ0n) is 12.7. The first kappa shape index (κ1) is 13.6. The van der Waals surface area contributed by atoms with Crippen molar-refractivity contribution >= 4 is 5.91 Å². The van der Waals surface area contributed by atoms with E-state index in [1.54, 1.807) is 0 Å². The minimum atomic E-state index is -0.180. The molecule has 2 fully saturated rings. The van der Waals surface area contributed by atoms with Crippen molar-refractivity contribution in [2.24, 2.45) is 5.41 Å². The van der Waals surface area contributed by atoms with E-state index in [1.165, 1.54) is 5.56 Å². The van der Waals surface area contributed by atoms with E-state index in [4.69, 9.17) is 0 Å². The van der Waals surface area contributed by atoms with Crippen LogP contribution in [0.1, 0.15) is 32.3 Å². The molecule has 0 unspecified atom stereocenters. The smallest absolute Gasteiger partial charge is 0.230 e. The summed E-state index contributed by atoms with van der Waals surface area (Å²) in [5.41, 5.74) is 1.29. The predicted octanol–water partition coefficient (Wildman–Crippen LogP) is 2.52. The van der Waals surface area contributed by atoms with Gasteiger partial charge in [-0.1, -0.05) is 30.3 Å². The molecule has 0 bridgehead atoms. The minimum absolute atomic E-state index is 0.0945. The lowest BCUT2D eigenvalue weighted by Gasteiger charge is -2.64. The normalized spacial score (nSPS) is 24.8. The fraction of sp³-hybridized carbons (Fsp3) is 0.588. The molecule has 0 N–H and O–H groups in total. The van der Waals surface area contributed by atoms with Gasteiger partial charge in [0.15, 0.2) is 0 Å². The fourth-order valence-corrected chi connectivity index (χ4v) is 4.06. The highest BCUT2D eigenvalue weighted by atomic mass is 16.2. The average Bonchev–Trinajstić information content (AvgIpc) is 2.47. The van der Waals surface area contributed by atoms with Gasteiger partial charge in [-0.2, -0.15) is 0 Å². The van der Waals surface area contributed by atoms with E-state index in [0.29, 0.717) is 5.91 Å². The summed E-state index contributed by atoms with van der Waals surface area (Å²) in [7, 11) is 1.97. The van der Waals surface area contributed by atoms with E-state index in [1.807, 2.05) is 11.9 Å². The number of amides is 1. The largest absolute Gasteiger partial charge is 0.338 e. The molecular formula is C17H24N2O. The number of hydrogen-bond acceptors (Lipinski definition) is 2. The molecule has 108 valence electrons. The Morgan fingerprint density at radius 3 is 2.25 bits per heavy atom. The lowest BCUT2D eigenvalue weighted by Crippen LogP contribution is -2.76. The Hall–Kier alpha value is -1.35. The molecule has 2 aliphatic heterocycles. The third-order valence-corrected chi connectivity index (χ3v) is 5.58. The Bertz CT molecular complexity index is 501. The lowest BCUT2D eigenvalue weighted by molar-refractivity contribution is -0.191. The van der Waals surface area contributed by atoms with Crippen molar-refractivity contribution in [3.8, 4) is 0 Å². The van der Waals surface area contributed by atoms with Crippen LogP contribution in [-0.2, 0) is 11.3 Å². The molecule has 0 radical (unpaired) electrons. The SMILES string of the molecule is CN1C(=O)C(C)(C)C12CCN(Cc1ccccc1)CC2. The number of hydrogen-bond donors (Lipinski definition) is 0. The maximum absolute atomic E-state index is 12.0. The Morgan fingerprint density at radius 2 is 1.70 bits per heavy atom. The molecule has 0 atom stereocenters. The maximum Gasteiger partial charge on any atom is 0.230 e. The molecule has 0 aliphatic carbocycles. The quantitative estimate of drug-likeness (QED) is 0.772. The first-order valence-electron chi connectivity index (χ1n) is 7.52. The second kappa shape index (κ2) is 4.59. The van der Waals surface area contributed by atoms with E-state index in [0.717, 1.165) is 32.5 Å². The number of piperidine rings is 1. The first-order valence-corrected chi connectivity index (χ1v) is 7.52. The lowest BCUT2D eigenvalue weighted by atomic mass is 9.58. The van der Waals surface area contributed by atoms with E-state index >= 15 is 0 Å². The number of β-lactam (4-membered cyclic amide) rings is 1. The van der Waals surface area contributed by atoms with Gasteiger partial charge in [0.05, 0.1) is 11.0 Å². The van der Waals surface area contributed by atoms with Crippen molar-refractivity contribution in [2.75, 3.05) is 20.1 Å². The van der Waals surface area contributed by atoms with Gasteiger partial charge in [0.25, 0.3) is 0 Å². The summed E-state index contributed by atoms with van der Waals surface area (Å²) in [6, 6.07) is 10.6. The Kier molecular flexibility index (Phi) is 3.13. The number of likely N-dealkylation sites (tertiary alicyclic amines) is 2. The van der Waals surface area contributed by atoms with Crippen LogP contribution in [0.2, 0.25) is 0 Å². The highest BCUT2D eigenvalue weighted by Gasteiger charge is 2.64. The van der Waals surface area contributed by atoms with E-state index < -0.39 is 0 Å². The van der Waals surface area contributed by atoms with Crippen LogP contribution in [0.5, 0.6) is 0 Å². The molecule has 2 aliphatic rings. The molecule has 1 spiro atoms. The van der Waals surface area contributed by atoms with Crippen molar-refractivity contribution in [1.82, 2.24) is 9.80 Å². The molecule has 2 saturated heterocycles. The molecule has 3 rings (SSSR count). The highest BCUT2D eigenvalue weighted by Crippen LogP contribution is 2.52. The molecule has 1 aromatic carbocycles. The van der Waals surface area contributed by atoms with Gasteiger partial charge in [-0.3, -0.25) is 9.69 Å². The number of carbonyl (C=O) groups is 1. The summed E-state index contributed by atoms with van der Waals surface area (Å²) >= 11 is 0.